The molecule has 2 atom stereocenters. The van der Waals surface area contributed by atoms with E-state index in [9.17, 15) is 4.79 Å². The Morgan fingerprint density at radius 2 is 2.30 bits per heavy atom. The highest BCUT2D eigenvalue weighted by Crippen LogP contribution is 2.32. The molecule has 2 unspecified atom stereocenters. The molecule has 20 heavy (non-hydrogen) atoms. The fraction of sp³-hybridized carbons (Fsp3) is 0.571. The van der Waals surface area contributed by atoms with Crippen molar-refractivity contribution in [2.24, 2.45) is 11.7 Å². The third-order valence-corrected chi connectivity index (χ3v) is 6.60. The third-order valence-electron chi connectivity index (χ3n) is 4.05. The fourth-order valence-electron chi connectivity index (χ4n) is 2.97. The Kier molecular flexibility index (Phi) is 4.33. The summed E-state index contributed by atoms with van der Waals surface area (Å²) in [5.41, 5.74) is 7.10. The number of thiocarbonyl (C=S) groups is 1. The normalized spacial score (nSPS) is 25.2. The lowest BCUT2D eigenvalue weighted by atomic mass is 10.0. The molecule has 1 aliphatic heterocycles. The predicted molar refractivity (Wildman–Crippen MR) is 89.6 cm³/mol. The monoisotopic (exact) mass is 326 g/mol. The number of thiophene rings is 1. The molecule has 3 nitrogen and oxygen atoms in total. The van der Waals surface area contributed by atoms with Crippen LogP contribution < -0.4 is 11.1 Å². The number of carbonyl (C=O) groups is 1. The molecular weight excluding hydrogens is 308 g/mol. The zero-order valence-corrected chi connectivity index (χ0v) is 13.6. The van der Waals surface area contributed by atoms with Gasteiger partial charge in [0.25, 0.3) is 5.91 Å². The van der Waals surface area contributed by atoms with Crippen LogP contribution in [-0.2, 0) is 12.2 Å². The quantitative estimate of drug-likeness (QED) is 0.839. The average Bonchev–Trinajstić information content (AvgIpc) is 3.03. The summed E-state index contributed by atoms with van der Waals surface area (Å²) in [6.45, 7) is 0. The summed E-state index contributed by atoms with van der Waals surface area (Å²) in [5, 5.41) is 3.13. The molecule has 1 fully saturated rings. The van der Waals surface area contributed by atoms with Gasteiger partial charge < -0.3 is 11.1 Å². The highest BCUT2D eigenvalue weighted by molar-refractivity contribution is 7.98. The van der Waals surface area contributed by atoms with E-state index in [1.165, 1.54) is 16.2 Å². The second kappa shape index (κ2) is 6.03. The van der Waals surface area contributed by atoms with E-state index in [1.54, 1.807) is 11.3 Å². The van der Waals surface area contributed by atoms with Gasteiger partial charge >= 0.3 is 0 Å². The van der Waals surface area contributed by atoms with Gasteiger partial charge in [-0.2, -0.15) is 11.8 Å². The van der Waals surface area contributed by atoms with Gasteiger partial charge in [0.2, 0.25) is 0 Å². The Labute approximate surface area is 132 Å². The first-order valence-corrected chi connectivity index (χ1v) is 9.32. The summed E-state index contributed by atoms with van der Waals surface area (Å²) < 4.78 is 0. The number of rotatable bonds is 3. The summed E-state index contributed by atoms with van der Waals surface area (Å²) in [4.78, 5) is 15.2. The van der Waals surface area contributed by atoms with Gasteiger partial charge in [0.05, 0.1) is 9.87 Å². The lowest BCUT2D eigenvalue weighted by molar-refractivity contribution is 0.0938. The Hall–Kier alpha value is -0.590. The van der Waals surface area contributed by atoms with Crippen LogP contribution in [-0.4, -0.2) is 22.7 Å². The van der Waals surface area contributed by atoms with E-state index in [-0.39, 0.29) is 17.9 Å². The highest BCUT2D eigenvalue weighted by atomic mass is 32.2. The van der Waals surface area contributed by atoms with Gasteiger partial charge in [0.1, 0.15) is 0 Å². The summed E-state index contributed by atoms with van der Waals surface area (Å²) in [6.07, 6.45) is 4.16. The van der Waals surface area contributed by atoms with Gasteiger partial charge in [0.15, 0.2) is 0 Å². The molecule has 0 saturated heterocycles. The smallest absolute Gasteiger partial charge is 0.261 e. The number of hydrogen-bond donors (Lipinski definition) is 2. The topological polar surface area (TPSA) is 55.1 Å². The van der Waals surface area contributed by atoms with Crippen molar-refractivity contribution in [1.29, 1.82) is 0 Å². The number of thioether (sulfide) groups is 1. The van der Waals surface area contributed by atoms with Crippen molar-refractivity contribution in [2.75, 3.05) is 5.75 Å². The zero-order valence-electron chi connectivity index (χ0n) is 11.2. The van der Waals surface area contributed by atoms with Gasteiger partial charge in [-0.3, -0.25) is 4.79 Å². The van der Waals surface area contributed by atoms with Crippen LogP contribution in [0.5, 0.6) is 0 Å². The largest absolute Gasteiger partial charge is 0.393 e. The fourth-order valence-corrected chi connectivity index (χ4v) is 5.53. The standard InChI is InChI=1S/C14H18N2OS3/c15-13(18)9-2-1-3-10(9)16-14(17)12-6-8-7-19-5-4-11(8)20-12/h6,9-10H,1-5,7H2,(H2,15,18)(H,16,17). The van der Waals surface area contributed by atoms with E-state index < -0.39 is 0 Å². The lowest BCUT2D eigenvalue weighted by Gasteiger charge is -2.19. The van der Waals surface area contributed by atoms with E-state index in [2.05, 4.69) is 11.4 Å². The molecule has 0 bridgehead atoms. The van der Waals surface area contributed by atoms with Crippen LogP contribution in [0.1, 0.15) is 39.4 Å². The summed E-state index contributed by atoms with van der Waals surface area (Å²) in [6, 6.07) is 2.18. The first-order chi connectivity index (χ1) is 9.65. The molecule has 0 radical (unpaired) electrons. The van der Waals surface area contributed by atoms with Gasteiger partial charge in [-0.15, -0.1) is 11.3 Å². The molecule has 1 amide bonds. The first kappa shape index (κ1) is 14.4. The molecular formula is C14H18N2OS3. The third kappa shape index (κ3) is 2.87. The SMILES string of the molecule is NC(=S)C1CCCC1NC(=O)c1cc2c(s1)CCSC2. The maximum atomic E-state index is 12.4. The van der Waals surface area contributed by atoms with Crippen LogP contribution in [0.4, 0.5) is 0 Å². The molecule has 1 aromatic rings. The number of amides is 1. The number of fused-ring (bicyclic) bond motifs is 1. The molecule has 1 aliphatic carbocycles. The van der Waals surface area contributed by atoms with E-state index >= 15 is 0 Å². The van der Waals surface area contributed by atoms with E-state index in [1.807, 2.05) is 11.8 Å². The van der Waals surface area contributed by atoms with Gasteiger partial charge in [-0.25, -0.2) is 0 Å². The van der Waals surface area contributed by atoms with E-state index in [0.717, 1.165) is 36.3 Å². The van der Waals surface area contributed by atoms with Gasteiger partial charge in [0, 0.05) is 22.6 Å². The molecule has 0 spiro atoms. The van der Waals surface area contributed by atoms with Crippen molar-refractivity contribution >= 4 is 46.2 Å². The molecule has 0 aromatic carbocycles. The number of hydrogen-bond acceptors (Lipinski definition) is 4. The zero-order chi connectivity index (χ0) is 14.1. The predicted octanol–water partition coefficient (Wildman–Crippen LogP) is 2.72. The number of carbonyl (C=O) groups excluding carboxylic acids is 1. The van der Waals surface area contributed by atoms with Crippen molar-refractivity contribution < 1.29 is 4.79 Å². The van der Waals surface area contributed by atoms with Crippen molar-refractivity contribution in [3.63, 3.8) is 0 Å². The molecule has 3 N–H and O–H groups in total. The van der Waals surface area contributed by atoms with Crippen LogP contribution in [0.15, 0.2) is 6.07 Å². The minimum absolute atomic E-state index is 0.0440. The van der Waals surface area contributed by atoms with Crippen LogP contribution in [0, 0.1) is 5.92 Å². The second-order valence-corrected chi connectivity index (χ2v) is 8.09. The Balaban J connectivity index is 1.70. The van der Waals surface area contributed by atoms with Crippen LogP contribution in [0.3, 0.4) is 0 Å². The number of nitrogens with two attached hydrogens (primary N) is 1. The van der Waals surface area contributed by atoms with E-state index in [4.69, 9.17) is 18.0 Å². The molecule has 1 saturated carbocycles. The maximum absolute atomic E-state index is 12.4. The summed E-state index contributed by atoms with van der Waals surface area (Å²) >= 11 is 8.69. The van der Waals surface area contributed by atoms with Gasteiger partial charge in [-0.1, -0.05) is 18.6 Å². The second-order valence-electron chi connectivity index (χ2n) is 5.38. The molecule has 2 aliphatic rings. The molecule has 108 valence electrons. The molecule has 1 aromatic heterocycles. The minimum atomic E-state index is 0.0440. The maximum Gasteiger partial charge on any atom is 0.261 e. The van der Waals surface area contributed by atoms with E-state index in [0.29, 0.717) is 4.99 Å². The first-order valence-electron chi connectivity index (χ1n) is 6.94. The van der Waals surface area contributed by atoms with Crippen LogP contribution in [0.2, 0.25) is 0 Å². The lowest BCUT2D eigenvalue weighted by Crippen LogP contribution is -2.41. The molecule has 2 heterocycles. The average molecular weight is 327 g/mol. The number of nitrogens with one attached hydrogen (secondary N) is 1. The Bertz CT molecular complexity index is 517. The van der Waals surface area contributed by atoms with Crippen LogP contribution in [0.25, 0.3) is 0 Å². The summed E-state index contributed by atoms with van der Waals surface area (Å²) in [5.74, 6) is 2.42. The van der Waals surface area contributed by atoms with Crippen molar-refractivity contribution in [1.82, 2.24) is 5.32 Å². The van der Waals surface area contributed by atoms with Gasteiger partial charge in [-0.05, 0) is 36.6 Å². The number of aryl methyl sites for hydroxylation is 1. The van der Waals surface area contributed by atoms with Crippen molar-refractivity contribution in [3.05, 3.63) is 21.4 Å². The summed E-state index contributed by atoms with van der Waals surface area (Å²) in [7, 11) is 0. The molecule has 6 heteroatoms. The highest BCUT2D eigenvalue weighted by Gasteiger charge is 2.31. The Morgan fingerprint density at radius 3 is 3.05 bits per heavy atom. The molecule has 3 rings (SSSR count). The van der Waals surface area contributed by atoms with Crippen LogP contribution >= 0.6 is 35.3 Å². The Morgan fingerprint density at radius 1 is 1.45 bits per heavy atom. The minimum Gasteiger partial charge on any atom is -0.393 e. The van der Waals surface area contributed by atoms with Crippen molar-refractivity contribution in [3.8, 4) is 0 Å². The van der Waals surface area contributed by atoms with Crippen molar-refractivity contribution in [2.45, 2.75) is 37.5 Å².